The molecule has 90 valence electrons. The van der Waals surface area contributed by atoms with Gasteiger partial charge in [-0.2, -0.15) is 0 Å². The molecule has 2 rings (SSSR count). The smallest absolute Gasteiger partial charge is 0.305 e. The van der Waals surface area contributed by atoms with Crippen molar-refractivity contribution in [1.29, 1.82) is 0 Å². The van der Waals surface area contributed by atoms with Crippen molar-refractivity contribution in [1.82, 2.24) is 0 Å². The lowest BCUT2D eigenvalue weighted by Crippen LogP contribution is -2.12. The van der Waals surface area contributed by atoms with E-state index in [-0.39, 0.29) is 5.97 Å². The van der Waals surface area contributed by atoms with Gasteiger partial charge < -0.3 is 4.74 Å². The Morgan fingerprint density at radius 3 is 2.71 bits per heavy atom. The van der Waals surface area contributed by atoms with Crippen molar-refractivity contribution in [2.24, 2.45) is 5.92 Å². The highest BCUT2D eigenvalue weighted by Crippen LogP contribution is 2.31. The minimum atomic E-state index is -0.0911. The van der Waals surface area contributed by atoms with Crippen molar-refractivity contribution in [3.63, 3.8) is 0 Å². The number of ether oxygens (including phenoxy) is 1. The molecule has 0 aliphatic heterocycles. The minimum absolute atomic E-state index is 0.0911. The van der Waals surface area contributed by atoms with Crippen molar-refractivity contribution < 1.29 is 9.53 Å². The molecule has 0 bridgehead atoms. The van der Waals surface area contributed by atoms with Crippen molar-refractivity contribution >= 4 is 11.5 Å². The molecule has 0 saturated heterocycles. The van der Waals surface area contributed by atoms with Gasteiger partial charge in [0.05, 0.1) is 7.11 Å². The van der Waals surface area contributed by atoms with E-state index in [9.17, 15) is 4.79 Å². The monoisotopic (exact) mass is 230 g/mol. The van der Waals surface area contributed by atoms with Crippen LogP contribution in [0.3, 0.4) is 0 Å². The van der Waals surface area contributed by atoms with Crippen LogP contribution in [-0.2, 0) is 9.53 Å². The molecule has 2 heteroatoms. The maximum Gasteiger partial charge on any atom is 0.305 e. The van der Waals surface area contributed by atoms with Crippen molar-refractivity contribution in [2.45, 2.75) is 25.7 Å². The average Bonchev–Trinajstić information content (AvgIpc) is 2.40. The molecule has 0 fully saturated rings. The summed E-state index contributed by atoms with van der Waals surface area (Å²) in [5, 5.41) is 0. The predicted octanol–water partition coefficient (Wildman–Crippen LogP) is 3.43. The minimum Gasteiger partial charge on any atom is -0.469 e. The van der Waals surface area contributed by atoms with Gasteiger partial charge >= 0.3 is 5.97 Å². The summed E-state index contributed by atoms with van der Waals surface area (Å²) in [7, 11) is 1.45. The van der Waals surface area contributed by atoms with Crippen LogP contribution in [0, 0.1) is 5.92 Å². The number of hydrogen-bond donors (Lipinski definition) is 0. The lowest BCUT2D eigenvalue weighted by atomic mass is 9.85. The van der Waals surface area contributed by atoms with Crippen LogP contribution in [0.15, 0.2) is 36.4 Å². The Morgan fingerprint density at radius 1 is 1.35 bits per heavy atom. The van der Waals surface area contributed by atoms with Gasteiger partial charge in [-0.05, 0) is 36.3 Å². The van der Waals surface area contributed by atoms with Gasteiger partial charge in [0.25, 0.3) is 0 Å². The number of allylic oxidation sites excluding steroid dienone is 2. The summed E-state index contributed by atoms with van der Waals surface area (Å²) in [6, 6.07) is 10.5. The second-order valence-electron chi connectivity index (χ2n) is 4.52. The zero-order chi connectivity index (χ0) is 12.1. The Hall–Kier alpha value is -1.57. The van der Waals surface area contributed by atoms with Gasteiger partial charge in [0.15, 0.2) is 0 Å². The quantitative estimate of drug-likeness (QED) is 0.743. The maximum absolute atomic E-state index is 11.2. The Kier molecular flexibility index (Phi) is 3.97. The molecular formula is C15H18O2. The zero-order valence-corrected chi connectivity index (χ0v) is 10.2. The SMILES string of the molecule is COC(=O)CC1CC=C(c2ccccc2)CC1. The lowest BCUT2D eigenvalue weighted by Gasteiger charge is -2.21. The Bertz CT molecular complexity index is 406. The number of benzene rings is 1. The molecule has 2 nitrogen and oxygen atoms in total. The average molecular weight is 230 g/mol. The van der Waals surface area contributed by atoms with Gasteiger partial charge in [0.1, 0.15) is 0 Å². The highest BCUT2D eigenvalue weighted by molar-refractivity contribution is 5.70. The van der Waals surface area contributed by atoms with E-state index in [1.165, 1.54) is 18.2 Å². The normalized spacial score (nSPS) is 19.6. The Balaban J connectivity index is 1.96. The highest BCUT2D eigenvalue weighted by Gasteiger charge is 2.18. The molecule has 1 aromatic carbocycles. The topological polar surface area (TPSA) is 26.3 Å². The third-order valence-electron chi connectivity index (χ3n) is 3.35. The molecule has 1 aliphatic rings. The fraction of sp³-hybridized carbons (Fsp3) is 0.400. The van der Waals surface area contributed by atoms with Gasteiger partial charge in [-0.25, -0.2) is 0 Å². The fourth-order valence-corrected chi connectivity index (χ4v) is 2.31. The number of rotatable bonds is 3. The molecule has 0 amide bonds. The van der Waals surface area contributed by atoms with Crippen molar-refractivity contribution in [2.75, 3.05) is 7.11 Å². The molecule has 0 aromatic heterocycles. The van der Waals surface area contributed by atoms with E-state index in [2.05, 4.69) is 30.3 Å². The van der Waals surface area contributed by atoms with Crippen molar-refractivity contribution in [3.05, 3.63) is 42.0 Å². The molecule has 1 atom stereocenters. The largest absolute Gasteiger partial charge is 0.469 e. The number of esters is 1. The van der Waals surface area contributed by atoms with Crippen LogP contribution in [0.2, 0.25) is 0 Å². The Morgan fingerprint density at radius 2 is 2.12 bits per heavy atom. The van der Waals surface area contributed by atoms with Crippen molar-refractivity contribution in [3.8, 4) is 0 Å². The fourth-order valence-electron chi connectivity index (χ4n) is 2.31. The van der Waals surface area contributed by atoms with E-state index < -0.39 is 0 Å². The molecule has 1 aromatic rings. The molecular weight excluding hydrogens is 212 g/mol. The summed E-state index contributed by atoms with van der Waals surface area (Å²) in [6.45, 7) is 0. The summed E-state index contributed by atoms with van der Waals surface area (Å²) >= 11 is 0. The summed E-state index contributed by atoms with van der Waals surface area (Å²) in [6.07, 6.45) is 5.95. The molecule has 0 radical (unpaired) electrons. The van der Waals surface area contributed by atoms with Crippen LogP contribution >= 0.6 is 0 Å². The van der Waals surface area contributed by atoms with Crippen LogP contribution < -0.4 is 0 Å². The van der Waals surface area contributed by atoms with Crippen LogP contribution in [0.5, 0.6) is 0 Å². The zero-order valence-electron chi connectivity index (χ0n) is 10.2. The van der Waals surface area contributed by atoms with Crippen LogP contribution in [-0.4, -0.2) is 13.1 Å². The second kappa shape index (κ2) is 5.67. The third kappa shape index (κ3) is 3.19. The first-order chi connectivity index (χ1) is 8.29. The molecule has 1 aliphatic carbocycles. The number of carbonyl (C=O) groups is 1. The highest BCUT2D eigenvalue weighted by atomic mass is 16.5. The van der Waals surface area contributed by atoms with E-state index in [1.807, 2.05) is 6.07 Å². The van der Waals surface area contributed by atoms with Gasteiger partial charge in [0.2, 0.25) is 0 Å². The van der Waals surface area contributed by atoms with Crippen LogP contribution in [0.4, 0.5) is 0 Å². The molecule has 17 heavy (non-hydrogen) atoms. The number of carbonyl (C=O) groups excluding carboxylic acids is 1. The summed E-state index contributed by atoms with van der Waals surface area (Å²) < 4.78 is 4.70. The molecule has 0 heterocycles. The first-order valence-corrected chi connectivity index (χ1v) is 6.11. The third-order valence-corrected chi connectivity index (χ3v) is 3.35. The summed E-state index contributed by atoms with van der Waals surface area (Å²) in [5.74, 6) is 0.362. The van der Waals surface area contributed by atoms with Gasteiger partial charge in [-0.15, -0.1) is 0 Å². The molecule has 0 saturated carbocycles. The second-order valence-corrected chi connectivity index (χ2v) is 4.52. The Labute approximate surface area is 102 Å². The van der Waals surface area contributed by atoms with Gasteiger partial charge in [0, 0.05) is 6.42 Å². The summed E-state index contributed by atoms with van der Waals surface area (Å²) in [5.41, 5.74) is 2.72. The standard InChI is InChI=1S/C15H18O2/c1-17-15(16)11-12-7-9-14(10-8-12)13-5-3-2-4-6-13/h2-6,9,12H,7-8,10-11H2,1H3. The molecule has 0 spiro atoms. The van der Waals surface area contributed by atoms with E-state index in [1.54, 1.807) is 0 Å². The van der Waals surface area contributed by atoms with Crippen LogP contribution in [0.25, 0.3) is 5.57 Å². The maximum atomic E-state index is 11.2. The first kappa shape index (κ1) is 11.9. The van der Waals surface area contributed by atoms with E-state index in [0.29, 0.717) is 12.3 Å². The van der Waals surface area contributed by atoms with Gasteiger partial charge in [-0.1, -0.05) is 36.4 Å². The predicted molar refractivity (Wildman–Crippen MR) is 68.4 cm³/mol. The van der Waals surface area contributed by atoms with E-state index in [0.717, 1.165) is 19.3 Å². The first-order valence-electron chi connectivity index (χ1n) is 6.11. The lowest BCUT2D eigenvalue weighted by molar-refractivity contribution is -0.141. The number of methoxy groups -OCH3 is 1. The van der Waals surface area contributed by atoms with E-state index >= 15 is 0 Å². The number of hydrogen-bond acceptors (Lipinski definition) is 2. The molecule has 1 unspecified atom stereocenters. The van der Waals surface area contributed by atoms with Gasteiger partial charge in [-0.3, -0.25) is 4.79 Å². The molecule has 0 N–H and O–H groups in total. The van der Waals surface area contributed by atoms with Crippen LogP contribution in [0.1, 0.15) is 31.2 Å². The summed E-state index contributed by atoms with van der Waals surface area (Å²) in [4.78, 5) is 11.2. The van der Waals surface area contributed by atoms with E-state index in [4.69, 9.17) is 4.74 Å².